The van der Waals surface area contributed by atoms with Crippen LogP contribution < -0.4 is 0 Å². The lowest BCUT2D eigenvalue weighted by molar-refractivity contribution is -0.137. The van der Waals surface area contributed by atoms with Gasteiger partial charge in [0, 0.05) is 17.9 Å². The van der Waals surface area contributed by atoms with Crippen molar-refractivity contribution in [3.8, 4) is 10.6 Å². The van der Waals surface area contributed by atoms with Gasteiger partial charge in [-0.3, -0.25) is 4.79 Å². The molecule has 0 spiro atoms. The molecular formula is C12H8F3NOS. The molecule has 0 atom stereocenters. The van der Waals surface area contributed by atoms with Crippen LogP contribution in [0.5, 0.6) is 0 Å². The van der Waals surface area contributed by atoms with E-state index in [1.807, 2.05) is 0 Å². The third kappa shape index (κ3) is 2.59. The Labute approximate surface area is 105 Å². The molecular weight excluding hydrogens is 263 g/mol. The second-order valence-electron chi connectivity index (χ2n) is 3.67. The van der Waals surface area contributed by atoms with Crippen molar-refractivity contribution < 1.29 is 18.0 Å². The summed E-state index contributed by atoms with van der Waals surface area (Å²) in [5.41, 5.74) is 0.199. The number of hydrogen-bond acceptors (Lipinski definition) is 3. The summed E-state index contributed by atoms with van der Waals surface area (Å²) in [5.74, 6) is -0.163. The van der Waals surface area contributed by atoms with E-state index in [2.05, 4.69) is 4.98 Å². The van der Waals surface area contributed by atoms with Crippen LogP contribution in [0.2, 0.25) is 0 Å². The normalized spacial score (nSPS) is 11.6. The number of ketones is 1. The van der Waals surface area contributed by atoms with Crippen molar-refractivity contribution in [3.05, 3.63) is 40.9 Å². The topological polar surface area (TPSA) is 30.0 Å². The molecule has 2 aromatic rings. The number of hydrogen-bond donors (Lipinski definition) is 0. The van der Waals surface area contributed by atoms with Crippen molar-refractivity contribution in [2.75, 3.05) is 0 Å². The summed E-state index contributed by atoms with van der Waals surface area (Å²) in [6, 6.07) is 4.71. The molecule has 2 rings (SSSR count). The van der Waals surface area contributed by atoms with E-state index in [9.17, 15) is 18.0 Å². The molecule has 94 valence electrons. The molecule has 0 saturated carbocycles. The number of nitrogens with zero attached hydrogens (tertiary/aromatic N) is 1. The third-order valence-electron chi connectivity index (χ3n) is 2.32. The Morgan fingerprint density at radius 3 is 2.28 bits per heavy atom. The summed E-state index contributed by atoms with van der Waals surface area (Å²) in [6.45, 7) is 1.39. The van der Waals surface area contributed by atoms with Gasteiger partial charge in [0.2, 0.25) is 0 Å². The smallest absolute Gasteiger partial charge is 0.293 e. The van der Waals surface area contributed by atoms with Crippen molar-refractivity contribution in [2.45, 2.75) is 13.1 Å². The Kier molecular flexibility index (Phi) is 3.21. The lowest BCUT2D eigenvalue weighted by Gasteiger charge is -2.06. The average Bonchev–Trinajstić information content (AvgIpc) is 2.77. The standard InChI is InChI=1S/C12H8F3NOS/c1-7(17)10-6-18-11(16-10)8-2-4-9(5-3-8)12(13,14)15/h2-6H,1H3. The number of alkyl halides is 3. The molecule has 0 aliphatic heterocycles. The quantitative estimate of drug-likeness (QED) is 0.772. The summed E-state index contributed by atoms with van der Waals surface area (Å²) in [7, 11) is 0. The number of thiazole rings is 1. The minimum absolute atomic E-state index is 0.163. The zero-order chi connectivity index (χ0) is 13.3. The fourth-order valence-corrected chi connectivity index (χ4v) is 2.23. The Bertz CT molecular complexity index is 572. The molecule has 0 fully saturated rings. The SMILES string of the molecule is CC(=O)c1csc(-c2ccc(C(F)(F)F)cc2)n1. The number of aromatic nitrogens is 1. The van der Waals surface area contributed by atoms with Gasteiger partial charge in [0.05, 0.1) is 5.56 Å². The highest BCUT2D eigenvalue weighted by Crippen LogP contribution is 2.31. The van der Waals surface area contributed by atoms with Gasteiger partial charge in [-0.15, -0.1) is 11.3 Å². The Morgan fingerprint density at radius 2 is 1.83 bits per heavy atom. The molecule has 1 aromatic carbocycles. The van der Waals surface area contributed by atoms with Gasteiger partial charge in [0.15, 0.2) is 5.78 Å². The summed E-state index contributed by atoms with van der Waals surface area (Å²) in [6.07, 6.45) is -4.34. The molecule has 0 radical (unpaired) electrons. The predicted molar refractivity (Wildman–Crippen MR) is 62.6 cm³/mol. The van der Waals surface area contributed by atoms with E-state index in [0.29, 0.717) is 16.3 Å². The van der Waals surface area contributed by atoms with Crippen molar-refractivity contribution in [1.82, 2.24) is 4.98 Å². The monoisotopic (exact) mass is 271 g/mol. The van der Waals surface area contributed by atoms with Gasteiger partial charge in [0.1, 0.15) is 10.7 Å². The molecule has 0 aliphatic carbocycles. The van der Waals surface area contributed by atoms with Crippen LogP contribution in [-0.4, -0.2) is 10.8 Å². The van der Waals surface area contributed by atoms with Gasteiger partial charge in [-0.1, -0.05) is 12.1 Å². The van der Waals surface area contributed by atoms with E-state index < -0.39 is 11.7 Å². The van der Waals surface area contributed by atoms with Crippen molar-refractivity contribution in [1.29, 1.82) is 0 Å². The van der Waals surface area contributed by atoms with Crippen LogP contribution in [0.15, 0.2) is 29.6 Å². The molecule has 18 heavy (non-hydrogen) atoms. The lowest BCUT2D eigenvalue weighted by atomic mass is 10.1. The highest BCUT2D eigenvalue weighted by molar-refractivity contribution is 7.13. The van der Waals surface area contributed by atoms with Crippen LogP contribution in [0.3, 0.4) is 0 Å². The van der Waals surface area contributed by atoms with E-state index in [4.69, 9.17) is 0 Å². The van der Waals surface area contributed by atoms with Crippen molar-refractivity contribution in [3.63, 3.8) is 0 Å². The maximum atomic E-state index is 12.4. The molecule has 0 amide bonds. The van der Waals surface area contributed by atoms with Gasteiger partial charge < -0.3 is 0 Å². The molecule has 2 nitrogen and oxygen atoms in total. The Morgan fingerprint density at radius 1 is 1.22 bits per heavy atom. The number of carbonyl (C=O) groups is 1. The molecule has 0 N–H and O–H groups in total. The second kappa shape index (κ2) is 4.53. The second-order valence-corrected chi connectivity index (χ2v) is 4.53. The largest absolute Gasteiger partial charge is 0.416 e. The average molecular weight is 271 g/mol. The first-order chi connectivity index (χ1) is 8.38. The summed E-state index contributed by atoms with van der Waals surface area (Å²) in [4.78, 5) is 15.1. The third-order valence-corrected chi connectivity index (χ3v) is 3.22. The molecule has 0 saturated heterocycles. The molecule has 6 heteroatoms. The predicted octanol–water partition coefficient (Wildman–Crippen LogP) is 4.03. The van der Waals surface area contributed by atoms with Gasteiger partial charge in [-0.05, 0) is 12.1 Å². The van der Waals surface area contributed by atoms with E-state index in [1.165, 1.54) is 30.4 Å². The summed E-state index contributed by atoms with van der Waals surface area (Å²) in [5, 5.41) is 2.13. The lowest BCUT2D eigenvalue weighted by Crippen LogP contribution is -2.03. The molecule has 0 unspecified atom stereocenters. The van der Waals surface area contributed by atoms with E-state index >= 15 is 0 Å². The minimum Gasteiger partial charge on any atom is -0.293 e. The van der Waals surface area contributed by atoms with Crippen molar-refractivity contribution >= 4 is 17.1 Å². The number of carbonyl (C=O) groups excluding carboxylic acids is 1. The first kappa shape index (κ1) is 12.8. The van der Waals surface area contributed by atoms with Crippen LogP contribution in [0.25, 0.3) is 10.6 Å². The maximum absolute atomic E-state index is 12.4. The Balaban J connectivity index is 2.31. The maximum Gasteiger partial charge on any atom is 0.416 e. The number of halogens is 3. The van der Waals surface area contributed by atoms with Crippen LogP contribution in [0.1, 0.15) is 23.0 Å². The van der Waals surface area contributed by atoms with E-state index in [-0.39, 0.29) is 5.78 Å². The van der Waals surface area contributed by atoms with E-state index in [0.717, 1.165) is 12.1 Å². The van der Waals surface area contributed by atoms with Gasteiger partial charge in [-0.2, -0.15) is 13.2 Å². The van der Waals surface area contributed by atoms with Crippen LogP contribution in [0, 0.1) is 0 Å². The molecule has 0 aliphatic rings. The number of rotatable bonds is 2. The minimum atomic E-state index is -4.34. The van der Waals surface area contributed by atoms with E-state index in [1.54, 1.807) is 5.38 Å². The van der Waals surface area contributed by atoms with Gasteiger partial charge >= 0.3 is 6.18 Å². The zero-order valence-corrected chi connectivity index (χ0v) is 10.1. The highest BCUT2D eigenvalue weighted by atomic mass is 32.1. The zero-order valence-electron chi connectivity index (χ0n) is 9.28. The van der Waals surface area contributed by atoms with Gasteiger partial charge in [0.25, 0.3) is 0 Å². The van der Waals surface area contributed by atoms with Crippen LogP contribution in [0.4, 0.5) is 13.2 Å². The first-order valence-electron chi connectivity index (χ1n) is 5.02. The van der Waals surface area contributed by atoms with Crippen LogP contribution in [-0.2, 0) is 6.18 Å². The van der Waals surface area contributed by atoms with Gasteiger partial charge in [-0.25, -0.2) is 4.98 Å². The molecule has 1 aromatic heterocycles. The number of benzene rings is 1. The molecule has 0 bridgehead atoms. The fraction of sp³-hybridized carbons (Fsp3) is 0.167. The first-order valence-corrected chi connectivity index (χ1v) is 5.90. The number of Topliss-reactive ketones (excluding diaryl/α,β-unsaturated/α-hetero) is 1. The van der Waals surface area contributed by atoms with Crippen LogP contribution >= 0.6 is 11.3 Å². The Hall–Kier alpha value is -1.69. The molecule has 1 heterocycles. The summed E-state index contributed by atoms with van der Waals surface area (Å²) >= 11 is 1.23. The highest BCUT2D eigenvalue weighted by Gasteiger charge is 2.30. The fourth-order valence-electron chi connectivity index (χ4n) is 1.37. The van der Waals surface area contributed by atoms with Crippen molar-refractivity contribution in [2.24, 2.45) is 0 Å². The summed E-state index contributed by atoms with van der Waals surface area (Å²) < 4.78 is 37.1.